The highest BCUT2D eigenvalue weighted by Crippen LogP contribution is 2.27. The van der Waals surface area contributed by atoms with E-state index in [9.17, 15) is 9.59 Å². The van der Waals surface area contributed by atoms with Crippen molar-refractivity contribution in [2.45, 2.75) is 25.3 Å². The highest BCUT2D eigenvalue weighted by Gasteiger charge is 2.28. The van der Waals surface area contributed by atoms with E-state index in [-0.39, 0.29) is 23.8 Å². The van der Waals surface area contributed by atoms with Gasteiger partial charge in [0.15, 0.2) is 0 Å². The molecule has 2 saturated heterocycles. The molecule has 0 saturated carbocycles. The molecule has 5 rings (SSSR count). The van der Waals surface area contributed by atoms with Crippen molar-refractivity contribution in [3.63, 3.8) is 0 Å². The molecule has 3 heterocycles. The first-order valence-electron chi connectivity index (χ1n) is 10.9. The molecule has 1 atom stereocenters. The van der Waals surface area contributed by atoms with E-state index in [1.807, 2.05) is 52.0 Å². The summed E-state index contributed by atoms with van der Waals surface area (Å²) in [4.78, 5) is 27.4. The van der Waals surface area contributed by atoms with Gasteiger partial charge in [-0.2, -0.15) is 5.10 Å². The van der Waals surface area contributed by atoms with Crippen LogP contribution >= 0.6 is 0 Å². The molecule has 1 unspecified atom stereocenters. The highest BCUT2D eigenvalue weighted by atomic mass is 16.5. The van der Waals surface area contributed by atoms with Gasteiger partial charge in [0.05, 0.1) is 24.8 Å². The highest BCUT2D eigenvalue weighted by molar-refractivity contribution is 5.98. The average molecular weight is 418 g/mol. The van der Waals surface area contributed by atoms with Crippen LogP contribution in [0.5, 0.6) is 0 Å². The minimum Gasteiger partial charge on any atom is -0.381 e. The number of piperidine rings is 1. The van der Waals surface area contributed by atoms with Crippen molar-refractivity contribution in [2.24, 2.45) is 5.92 Å². The summed E-state index contributed by atoms with van der Waals surface area (Å²) in [6, 6.07) is 15.9. The summed E-state index contributed by atoms with van der Waals surface area (Å²) in [5.41, 5.74) is 0.725. The van der Waals surface area contributed by atoms with Gasteiger partial charge in [0.1, 0.15) is 5.82 Å². The van der Waals surface area contributed by atoms with Gasteiger partial charge in [-0.25, -0.2) is 4.68 Å². The van der Waals surface area contributed by atoms with Crippen LogP contribution in [-0.4, -0.2) is 52.8 Å². The van der Waals surface area contributed by atoms with Gasteiger partial charge in [0, 0.05) is 31.3 Å². The van der Waals surface area contributed by atoms with Gasteiger partial charge in [-0.3, -0.25) is 9.59 Å². The van der Waals surface area contributed by atoms with Gasteiger partial charge in [-0.15, -0.1) is 0 Å². The van der Waals surface area contributed by atoms with E-state index in [4.69, 9.17) is 4.74 Å². The minimum absolute atomic E-state index is 0.0110. The number of ether oxygens (including phenoxy) is 1. The van der Waals surface area contributed by atoms with Crippen LogP contribution in [0.15, 0.2) is 54.7 Å². The second-order valence-corrected chi connectivity index (χ2v) is 8.30. The van der Waals surface area contributed by atoms with Crippen LogP contribution in [0.1, 0.15) is 35.7 Å². The van der Waals surface area contributed by atoms with Crippen molar-refractivity contribution < 1.29 is 14.3 Å². The molecule has 0 bridgehead atoms. The molecule has 2 aliphatic rings. The van der Waals surface area contributed by atoms with Crippen molar-refractivity contribution in [1.29, 1.82) is 0 Å². The number of anilines is 1. The topological polar surface area (TPSA) is 76.5 Å². The number of amides is 2. The second-order valence-electron chi connectivity index (χ2n) is 8.30. The monoisotopic (exact) mass is 418 g/mol. The predicted octanol–water partition coefficient (Wildman–Crippen LogP) is 3.49. The van der Waals surface area contributed by atoms with Crippen LogP contribution in [-0.2, 0) is 9.53 Å². The Bertz CT molecular complexity index is 1090. The van der Waals surface area contributed by atoms with E-state index in [0.29, 0.717) is 26.3 Å². The fourth-order valence-corrected chi connectivity index (χ4v) is 4.49. The number of nitrogens with zero attached hydrogens (tertiary/aromatic N) is 3. The van der Waals surface area contributed by atoms with Crippen LogP contribution in [0.25, 0.3) is 10.8 Å². The Morgan fingerprint density at radius 2 is 1.81 bits per heavy atom. The third-order valence-electron chi connectivity index (χ3n) is 6.32. The number of carbonyl (C=O) groups is 2. The molecule has 7 nitrogen and oxygen atoms in total. The molecule has 1 N–H and O–H groups in total. The molecule has 0 radical (unpaired) electrons. The van der Waals surface area contributed by atoms with E-state index in [2.05, 4.69) is 16.5 Å². The van der Waals surface area contributed by atoms with Gasteiger partial charge in [0.25, 0.3) is 5.91 Å². The van der Waals surface area contributed by atoms with Crippen molar-refractivity contribution in [3.05, 3.63) is 60.3 Å². The summed E-state index contributed by atoms with van der Waals surface area (Å²) in [6.07, 6.45) is 4.08. The summed E-state index contributed by atoms with van der Waals surface area (Å²) < 4.78 is 7.21. The van der Waals surface area contributed by atoms with E-state index in [1.165, 1.54) is 0 Å². The molecule has 2 aliphatic heterocycles. The van der Waals surface area contributed by atoms with E-state index in [1.54, 1.807) is 6.20 Å². The first-order chi connectivity index (χ1) is 15.2. The number of rotatable bonds is 4. The van der Waals surface area contributed by atoms with Gasteiger partial charge in [0.2, 0.25) is 5.91 Å². The normalized spacial score (nSPS) is 19.6. The number of likely N-dealkylation sites (tertiary alicyclic amines) is 1. The molecular weight excluding hydrogens is 392 g/mol. The summed E-state index contributed by atoms with van der Waals surface area (Å²) in [5.74, 6) is 0.684. The van der Waals surface area contributed by atoms with Crippen molar-refractivity contribution in [3.8, 4) is 0 Å². The van der Waals surface area contributed by atoms with E-state index < -0.39 is 0 Å². The van der Waals surface area contributed by atoms with Crippen LogP contribution in [0.2, 0.25) is 0 Å². The molecule has 7 heteroatoms. The molecule has 2 fully saturated rings. The maximum Gasteiger partial charge on any atom is 0.253 e. The number of aromatic nitrogens is 2. The number of fused-ring (bicyclic) bond motifs is 1. The third-order valence-corrected chi connectivity index (χ3v) is 6.32. The first-order valence-corrected chi connectivity index (χ1v) is 10.9. The Balaban J connectivity index is 1.23. The standard InChI is InChI=1S/C24H26N4O3/c29-23(20-10-14-31-16-20)26-22-7-11-25-28(22)21-8-12-27(13-9-21)24(30)19-6-5-17-3-1-2-4-18(17)15-19/h1-7,11,15,20-21H,8-10,12-14,16H2,(H,26,29). The molecule has 31 heavy (non-hydrogen) atoms. The Morgan fingerprint density at radius 3 is 2.58 bits per heavy atom. The van der Waals surface area contributed by atoms with E-state index in [0.717, 1.165) is 41.4 Å². The lowest BCUT2D eigenvalue weighted by Gasteiger charge is -2.33. The van der Waals surface area contributed by atoms with Crippen LogP contribution in [0.4, 0.5) is 5.82 Å². The van der Waals surface area contributed by atoms with Gasteiger partial charge < -0.3 is 15.0 Å². The number of nitrogens with one attached hydrogen (secondary N) is 1. The lowest BCUT2D eigenvalue weighted by Crippen LogP contribution is -2.39. The molecular formula is C24H26N4O3. The van der Waals surface area contributed by atoms with Gasteiger partial charge in [-0.1, -0.05) is 30.3 Å². The Morgan fingerprint density at radius 1 is 1.00 bits per heavy atom. The maximum atomic E-state index is 13.0. The number of benzene rings is 2. The Hall–Kier alpha value is -3.19. The zero-order valence-electron chi connectivity index (χ0n) is 17.4. The van der Waals surface area contributed by atoms with Gasteiger partial charge in [-0.05, 0) is 42.2 Å². The zero-order chi connectivity index (χ0) is 21.2. The first kappa shape index (κ1) is 19.8. The van der Waals surface area contributed by atoms with Gasteiger partial charge >= 0.3 is 0 Å². The van der Waals surface area contributed by atoms with Crippen LogP contribution in [0.3, 0.4) is 0 Å². The Kier molecular flexibility index (Phi) is 5.42. The molecule has 0 spiro atoms. The molecule has 2 aromatic carbocycles. The molecule has 1 aromatic heterocycles. The number of hydrogen-bond acceptors (Lipinski definition) is 4. The molecule has 160 valence electrons. The maximum absolute atomic E-state index is 13.0. The fourth-order valence-electron chi connectivity index (χ4n) is 4.49. The van der Waals surface area contributed by atoms with Crippen molar-refractivity contribution >= 4 is 28.4 Å². The Labute approximate surface area is 181 Å². The van der Waals surface area contributed by atoms with Crippen molar-refractivity contribution in [1.82, 2.24) is 14.7 Å². The third kappa shape index (κ3) is 4.05. The average Bonchev–Trinajstić information content (AvgIpc) is 3.51. The summed E-state index contributed by atoms with van der Waals surface area (Å²) in [5, 5.41) is 9.67. The number of carbonyl (C=O) groups excluding carboxylic acids is 2. The van der Waals surface area contributed by atoms with E-state index >= 15 is 0 Å². The predicted molar refractivity (Wildman–Crippen MR) is 118 cm³/mol. The van der Waals surface area contributed by atoms with Crippen LogP contribution in [0, 0.1) is 5.92 Å². The summed E-state index contributed by atoms with van der Waals surface area (Å²) in [7, 11) is 0. The summed E-state index contributed by atoms with van der Waals surface area (Å²) in [6.45, 7) is 2.45. The quantitative estimate of drug-likeness (QED) is 0.704. The SMILES string of the molecule is O=C(Nc1ccnn1C1CCN(C(=O)c2ccc3ccccc3c2)CC1)C1CCOC1. The lowest BCUT2D eigenvalue weighted by molar-refractivity contribution is -0.119. The zero-order valence-corrected chi connectivity index (χ0v) is 17.4. The summed E-state index contributed by atoms with van der Waals surface area (Å²) >= 11 is 0. The smallest absolute Gasteiger partial charge is 0.253 e. The molecule has 2 amide bonds. The number of hydrogen-bond donors (Lipinski definition) is 1. The fraction of sp³-hybridized carbons (Fsp3) is 0.375. The largest absolute Gasteiger partial charge is 0.381 e. The van der Waals surface area contributed by atoms with Crippen molar-refractivity contribution in [2.75, 3.05) is 31.6 Å². The lowest BCUT2D eigenvalue weighted by atomic mass is 10.0. The molecule has 3 aromatic rings. The molecule has 0 aliphatic carbocycles. The van der Waals surface area contributed by atoms with Crippen LogP contribution < -0.4 is 5.32 Å². The minimum atomic E-state index is -0.0928. The second kappa shape index (κ2) is 8.51.